The van der Waals surface area contributed by atoms with Gasteiger partial charge in [0.1, 0.15) is 6.07 Å². The second kappa shape index (κ2) is 2.32. The molecule has 0 aromatic rings. The van der Waals surface area contributed by atoms with Crippen molar-refractivity contribution >= 4 is 0 Å². The molecule has 3 heteroatoms. The van der Waals surface area contributed by atoms with Gasteiger partial charge in [0, 0.05) is 6.54 Å². The molecule has 1 heterocycles. The van der Waals surface area contributed by atoms with Crippen LogP contribution in [0.5, 0.6) is 0 Å². The lowest BCUT2D eigenvalue weighted by molar-refractivity contribution is 0.187. The summed E-state index contributed by atoms with van der Waals surface area (Å²) in [6.45, 7) is 1.04. The van der Waals surface area contributed by atoms with Crippen LogP contribution in [0.2, 0.25) is 0 Å². The maximum absolute atomic E-state index is 12.9. The van der Waals surface area contributed by atoms with Gasteiger partial charge in [0.05, 0.1) is 0 Å². The average Bonchev–Trinajstić information content (AvgIpc) is 1.90. The van der Waals surface area contributed by atoms with Crippen molar-refractivity contribution in [1.29, 1.82) is 5.26 Å². The Labute approximate surface area is 53.7 Å². The van der Waals surface area contributed by atoms with Crippen LogP contribution in [0.3, 0.4) is 0 Å². The van der Waals surface area contributed by atoms with Gasteiger partial charge in [0.25, 0.3) is 0 Å². The van der Waals surface area contributed by atoms with Crippen molar-refractivity contribution in [3.8, 4) is 6.07 Å². The number of nitriles is 1. The van der Waals surface area contributed by atoms with Gasteiger partial charge in [-0.15, -0.1) is 0 Å². The molecular formula is C6H9FN2. The molecule has 0 aromatic carbocycles. The fourth-order valence-electron chi connectivity index (χ4n) is 0.964. The van der Waals surface area contributed by atoms with E-state index in [0.717, 1.165) is 13.0 Å². The molecule has 2 nitrogen and oxygen atoms in total. The summed E-state index contributed by atoms with van der Waals surface area (Å²) in [4.78, 5) is 0. The number of halogens is 1. The Bertz CT molecular complexity index is 132. The van der Waals surface area contributed by atoms with Crippen LogP contribution in [0.15, 0.2) is 0 Å². The number of alkyl halides is 1. The molecule has 1 aliphatic rings. The van der Waals surface area contributed by atoms with Gasteiger partial charge in [-0.3, -0.25) is 0 Å². The average molecular weight is 128 g/mol. The molecule has 50 valence electrons. The summed E-state index contributed by atoms with van der Waals surface area (Å²) >= 11 is 0. The van der Waals surface area contributed by atoms with E-state index >= 15 is 0 Å². The molecule has 0 aromatic heterocycles. The first-order valence-corrected chi connectivity index (χ1v) is 3.08. The van der Waals surface area contributed by atoms with Crippen molar-refractivity contribution in [2.45, 2.75) is 18.5 Å². The zero-order chi connectivity index (χ0) is 6.74. The standard InChI is InChI=1S/C6H9FN2/c7-6(4-8)2-1-3-9-5-6/h9H,1-3,5H2/t6-/m1/s1. The second-order valence-electron chi connectivity index (χ2n) is 2.36. The highest BCUT2D eigenvalue weighted by Crippen LogP contribution is 2.18. The van der Waals surface area contributed by atoms with E-state index in [1.54, 1.807) is 6.07 Å². The number of nitrogens with zero attached hydrogens (tertiary/aromatic N) is 1. The minimum absolute atomic E-state index is 0.198. The highest BCUT2D eigenvalue weighted by Gasteiger charge is 2.30. The smallest absolute Gasteiger partial charge is 0.208 e. The summed E-state index contributed by atoms with van der Waals surface area (Å²) in [5.41, 5.74) is -1.59. The topological polar surface area (TPSA) is 35.8 Å². The van der Waals surface area contributed by atoms with Gasteiger partial charge >= 0.3 is 0 Å². The van der Waals surface area contributed by atoms with E-state index in [-0.39, 0.29) is 6.54 Å². The highest BCUT2D eigenvalue weighted by atomic mass is 19.1. The van der Waals surface area contributed by atoms with E-state index in [9.17, 15) is 4.39 Å². The van der Waals surface area contributed by atoms with Crippen molar-refractivity contribution in [3.63, 3.8) is 0 Å². The Morgan fingerprint density at radius 1 is 1.67 bits per heavy atom. The third-order valence-corrected chi connectivity index (χ3v) is 1.53. The van der Waals surface area contributed by atoms with E-state index in [0.29, 0.717) is 6.42 Å². The monoisotopic (exact) mass is 128 g/mol. The normalized spacial score (nSPS) is 35.6. The third kappa shape index (κ3) is 1.39. The Balaban J connectivity index is 2.49. The number of hydrogen-bond donors (Lipinski definition) is 1. The summed E-state index contributed by atoms with van der Waals surface area (Å²) in [5.74, 6) is 0. The van der Waals surface area contributed by atoms with Crippen LogP contribution in [0.25, 0.3) is 0 Å². The molecule has 1 rings (SSSR count). The van der Waals surface area contributed by atoms with Crippen LogP contribution in [0, 0.1) is 11.3 Å². The summed E-state index contributed by atoms with van der Waals surface area (Å²) in [7, 11) is 0. The van der Waals surface area contributed by atoms with Crippen LogP contribution < -0.4 is 5.32 Å². The molecule has 0 saturated carbocycles. The number of nitrogens with one attached hydrogen (secondary N) is 1. The molecule has 0 unspecified atom stereocenters. The minimum Gasteiger partial charge on any atom is -0.313 e. The lowest BCUT2D eigenvalue weighted by Crippen LogP contribution is -2.40. The van der Waals surface area contributed by atoms with Crippen molar-refractivity contribution in [3.05, 3.63) is 0 Å². The summed E-state index contributed by atoms with van der Waals surface area (Å²) in [5, 5.41) is 11.1. The van der Waals surface area contributed by atoms with Crippen LogP contribution in [-0.2, 0) is 0 Å². The summed E-state index contributed by atoms with van der Waals surface area (Å²) < 4.78 is 12.9. The van der Waals surface area contributed by atoms with E-state index < -0.39 is 5.67 Å². The minimum atomic E-state index is -1.59. The van der Waals surface area contributed by atoms with E-state index in [4.69, 9.17) is 5.26 Å². The maximum atomic E-state index is 12.9. The SMILES string of the molecule is N#C[C@]1(F)CCCNC1. The van der Waals surface area contributed by atoms with Gasteiger partial charge < -0.3 is 5.32 Å². The van der Waals surface area contributed by atoms with Gasteiger partial charge in [-0.05, 0) is 19.4 Å². The molecule has 0 amide bonds. The lowest BCUT2D eigenvalue weighted by Gasteiger charge is -2.22. The summed E-state index contributed by atoms with van der Waals surface area (Å²) in [6.07, 6.45) is 1.15. The molecule has 1 fully saturated rings. The number of rotatable bonds is 0. The van der Waals surface area contributed by atoms with Gasteiger partial charge in [0.15, 0.2) is 0 Å². The maximum Gasteiger partial charge on any atom is 0.208 e. The van der Waals surface area contributed by atoms with Crippen LogP contribution in [0.4, 0.5) is 4.39 Å². The molecule has 0 radical (unpaired) electrons. The first-order chi connectivity index (χ1) is 4.27. The Hall–Kier alpha value is -0.620. The van der Waals surface area contributed by atoms with Crippen LogP contribution >= 0.6 is 0 Å². The molecule has 1 atom stereocenters. The summed E-state index contributed by atoms with van der Waals surface area (Å²) in [6, 6.07) is 1.65. The largest absolute Gasteiger partial charge is 0.313 e. The second-order valence-corrected chi connectivity index (χ2v) is 2.36. The molecule has 1 aliphatic heterocycles. The molecule has 1 N–H and O–H groups in total. The molecule has 1 saturated heterocycles. The quantitative estimate of drug-likeness (QED) is 0.518. The van der Waals surface area contributed by atoms with Crippen LogP contribution in [0.1, 0.15) is 12.8 Å². The van der Waals surface area contributed by atoms with Gasteiger partial charge in [-0.1, -0.05) is 0 Å². The fourth-order valence-corrected chi connectivity index (χ4v) is 0.964. The van der Waals surface area contributed by atoms with Crippen molar-refractivity contribution < 1.29 is 4.39 Å². The van der Waals surface area contributed by atoms with E-state index in [1.165, 1.54) is 0 Å². The van der Waals surface area contributed by atoms with Crippen LogP contribution in [-0.4, -0.2) is 18.8 Å². The Morgan fingerprint density at radius 2 is 2.44 bits per heavy atom. The number of piperidine rings is 1. The zero-order valence-corrected chi connectivity index (χ0v) is 5.15. The first kappa shape index (κ1) is 6.50. The molecule has 9 heavy (non-hydrogen) atoms. The molecule has 0 bridgehead atoms. The van der Waals surface area contributed by atoms with E-state index in [2.05, 4.69) is 5.32 Å². The predicted molar refractivity (Wildman–Crippen MR) is 31.6 cm³/mol. The van der Waals surface area contributed by atoms with Crippen molar-refractivity contribution in [2.75, 3.05) is 13.1 Å². The Morgan fingerprint density at radius 3 is 2.78 bits per heavy atom. The van der Waals surface area contributed by atoms with Crippen molar-refractivity contribution in [2.24, 2.45) is 0 Å². The lowest BCUT2D eigenvalue weighted by atomic mass is 9.98. The fraction of sp³-hybridized carbons (Fsp3) is 0.833. The number of hydrogen-bond acceptors (Lipinski definition) is 2. The predicted octanol–water partition coefficient (Wildman–Crippen LogP) is 0.602. The molecular weight excluding hydrogens is 119 g/mol. The first-order valence-electron chi connectivity index (χ1n) is 3.08. The zero-order valence-electron chi connectivity index (χ0n) is 5.15. The molecule has 0 spiro atoms. The van der Waals surface area contributed by atoms with Gasteiger partial charge in [-0.2, -0.15) is 5.26 Å². The van der Waals surface area contributed by atoms with E-state index in [1.807, 2.05) is 0 Å². The van der Waals surface area contributed by atoms with Gasteiger partial charge in [0.2, 0.25) is 5.67 Å². The van der Waals surface area contributed by atoms with Crippen molar-refractivity contribution in [1.82, 2.24) is 5.32 Å². The highest BCUT2D eigenvalue weighted by molar-refractivity contribution is 5.03. The Kier molecular flexibility index (Phi) is 1.68. The third-order valence-electron chi connectivity index (χ3n) is 1.53. The molecule has 0 aliphatic carbocycles. The van der Waals surface area contributed by atoms with Gasteiger partial charge in [-0.25, -0.2) is 4.39 Å².